The maximum atomic E-state index is 12.1. The van der Waals surface area contributed by atoms with E-state index in [1.165, 1.54) is 29.5 Å². The van der Waals surface area contributed by atoms with Crippen molar-refractivity contribution >= 4 is 11.3 Å². The van der Waals surface area contributed by atoms with Gasteiger partial charge in [-0.1, -0.05) is 12.1 Å². The first-order valence-corrected chi connectivity index (χ1v) is 6.32. The van der Waals surface area contributed by atoms with Crippen LogP contribution in [0.15, 0.2) is 35.7 Å². The third kappa shape index (κ3) is 3.48. The van der Waals surface area contributed by atoms with Crippen LogP contribution >= 0.6 is 11.3 Å². The zero-order valence-electron chi connectivity index (χ0n) is 9.94. The molecule has 1 atom stereocenters. The molecule has 0 bridgehead atoms. The number of aryl methyl sites for hydroxylation is 1. The molecule has 0 spiro atoms. The molecule has 1 N–H and O–H groups in total. The van der Waals surface area contributed by atoms with Gasteiger partial charge in [0.1, 0.15) is 11.9 Å². The monoisotopic (exact) mass is 288 g/mol. The number of thiophene rings is 1. The Labute approximate surface area is 112 Å². The molecule has 6 heteroatoms. The van der Waals surface area contributed by atoms with Crippen LogP contribution in [0.2, 0.25) is 0 Å². The summed E-state index contributed by atoms with van der Waals surface area (Å²) in [6, 6.07) is 7.22. The van der Waals surface area contributed by atoms with Crippen molar-refractivity contribution in [2.45, 2.75) is 19.4 Å². The number of alkyl halides is 3. The van der Waals surface area contributed by atoms with E-state index in [0.29, 0.717) is 10.4 Å². The molecule has 2 aromatic rings. The van der Waals surface area contributed by atoms with Gasteiger partial charge in [-0.25, -0.2) is 0 Å². The first-order chi connectivity index (χ1) is 8.87. The summed E-state index contributed by atoms with van der Waals surface area (Å²) in [5.41, 5.74) is 1.27. The second kappa shape index (κ2) is 5.22. The fraction of sp³-hybridized carbons (Fsp3) is 0.231. The number of hydrogen-bond acceptors (Lipinski definition) is 3. The van der Waals surface area contributed by atoms with Gasteiger partial charge in [-0.3, -0.25) is 0 Å². The van der Waals surface area contributed by atoms with E-state index in [-0.39, 0.29) is 5.75 Å². The van der Waals surface area contributed by atoms with Crippen LogP contribution in [-0.2, 0) is 0 Å². The van der Waals surface area contributed by atoms with Crippen molar-refractivity contribution in [1.29, 1.82) is 0 Å². The smallest absolute Gasteiger partial charge is 0.406 e. The number of aliphatic hydroxyl groups excluding tert-OH is 1. The standard InChI is InChI=1S/C13H11F3O2S/c1-8-5-6-19-12(8)11(17)9-3-2-4-10(7-9)18-13(14,15)16/h2-7,11,17H,1H3. The molecule has 1 aromatic carbocycles. The van der Waals surface area contributed by atoms with Gasteiger partial charge in [-0.2, -0.15) is 0 Å². The SMILES string of the molecule is Cc1ccsc1C(O)c1cccc(OC(F)(F)F)c1. The predicted octanol–water partition coefficient (Wildman–Crippen LogP) is 4.04. The number of rotatable bonds is 3. The van der Waals surface area contributed by atoms with E-state index in [2.05, 4.69) is 4.74 Å². The topological polar surface area (TPSA) is 29.5 Å². The van der Waals surface area contributed by atoms with Gasteiger partial charge >= 0.3 is 6.36 Å². The van der Waals surface area contributed by atoms with Gasteiger partial charge in [-0.15, -0.1) is 24.5 Å². The fourth-order valence-electron chi connectivity index (χ4n) is 1.70. The molecular weight excluding hydrogens is 277 g/mol. The highest BCUT2D eigenvalue weighted by molar-refractivity contribution is 7.10. The van der Waals surface area contributed by atoms with E-state index in [9.17, 15) is 18.3 Å². The Morgan fingerprint density at radius 2 is 2.00 bits per heavy atom. The molecule has 19 heavy (non-hydrogen) atoms. The average Bonchev–Trinajstić information content (AvgIpc) is 2.72. The molecule has 1 unspecified atom stereocenters. The van der Waals surface area contributed by atoms with E-state index < -0.39 is 12.5 Å². The second-order valence-corrected chi connectivity index (χ2v) is 4.94. The van der Waals surface area contributed by atoms with Crippen molar-refractivity contribution in [1.82, 2.24) is 0 Å². The Hall–Kier alpha value is -1.53. The second-order valence-electron chi connectivity index (χ2n) is 3.99. The number of benzene rings is 1. The summed E-state index contributed by atoms with van der Waals surface area (Å²) in [6.07, 6.45) is -5.68. The maximum Gasteiger partial charge on any atom is 0.573 e. The molecule has 2 nitrogen and oxygen atoms in total. The third-order valence-corrected chi connectivity index (χ3v) is 3.63. The molecule has 0 aliphatic rings. The van der Waals surface area contributed by atoms with Crippen molar-refractivity contribution in [3.8, 4) is 5.75 Å². The van der Waals surface area contributed by atoms with Gasteiger partial charge in [0.15, 0.2) is 0 Å². The lowest BCUT2D eigenvalue weighted by atomic mass is 10.1. The lowest BCUT2D eigenvalue weighted by Crippen LogP contribution is -2.17. The van der Waals surface area contributed by atoms with Crippen LogP contribution in [0.4, 0.5) is 13.2 Å². The quantitative estimate of drug-likeness (QED) is 0.923. The lowest BCUT2D eigenvalue weighted by molar-refractivity contribution is -0.274. The molecule has 0 saturated carbocycles. The third-order valence-electron chi connectivity index (χ3n) is 2.56. The predicted molar refractivity (Wildman–Crippen MR) is 66.2 cm³/mol. The van der Waals surface area contributed by atoms with Crippen LogP contribution in [0.25, 0.3) is 0 Å². The van der Waals surface area contributed by atoms with Gasteiger partial charge in [0.25, 0.3) is 0 Å². The zero-order valence-corrected chi connectivity index (χ0v) is 10.8. The largest absolute Gasteiger partial charge is 0.573 e. The Bertz CT molecular complexity index is 563. The Balaban J connectivity index is 2.26. The Kier molecular flexibility index (Phi) is 3.82. The maximum absolute atomic E-state index is 12.1. The van der Waals surface area contributed by atoms with Crippen LogP contribution < -0.4 is 4.74 Å². The molecular formula is C13H11F3O2S. The van der Waals surface area contributed by atoms with Gasteiger partial charge < -0.3 is 9.84 Å². The van der Waals surface area contributed by atoms with Gasteiger partial charge in [0, 0.05) is 4.88 Å². The van der Waals surface area contributed by atoms with Crippen molar-refractivity contribution in [3.05, 3.63) is 51.7 Å². The molecule has 0 amide bonds. The summed E-state index contributed by atoms with van der Waals surface area (Å²) < 4.78 is 40.2. The molecule has 0 saturated heterocycles. The van der Waals surface area contributed by atoms with Crippen LogP contribution in [0, 0.1) is 6.92 Å². The highest BCUT2D eigenvalue weighted by atomic mass is 32.1. The van der Waals surface area contributed by atoms with Crippen LogP contribution in [-0.4, -0.2) is 11.5 Å². The number of halogens is 3. The molecule has 0 radical (unpaired) electrons. The van der Waals surface area contributed by atoms with Crippen LogP contribution in [0.5, 0.6) is 5.75 Å². The van der Waals surface area contributed by atoms with Crippen molar-refractivity contribution in [2.75, 3.05) is 0 Å². The van der Waals surface area contributed by atoms with E-state index in [0.717, 1.165) is 5.56 Å². The average molecular weight is 288 g/mol. The lowest BCUT2D eigenvalue weighted by Gasteiger charge is -2.13. The van der Waals surface area contributed by atoms with E-state index >= 15 is 0 Å². The van der Waals surface area contributed by atoms with Crippen molar-refractivity contribution in [2.24, 2.45) is 0 Å². The highest BCUT2D eigenvalue weighted by Gasteiger charge is 2.31. The van der Waals surface area contributed by atoms with Gasteiger partial charge in [0.2, 0.25) is 0 Å². The normalized spacial score (nSPS) is 13.3. The minimum absolute atomic E-state index is 0.335. The summed E-state index contributed by atoms with van der Waals surface area (Å²) >= 11 is 1.36. The minimum atomic E-state index is -4.73. The van der Waals surface area contributed by atoms with Crippen LogP contribution in [0.1, 0.15) is 22.1 Å². The summed E-state index contributed by atoms with van der Waals surface area (Å²) in [5, 5.41) is 12.0. The Morgan fingerprint density at radius 3 is 2.58 bits per heavy atom. The summed E-state index contributed by atoms with van der Waals surface area (Å²) in [6.45, 7) is 1.84. The first kappa shape index (κ1) is 13.9. The molecule has 0 fully saturated rings. The van der Waals surface area contributed by atoms with E-state index in [1.807, 2.05) is 18.4 Å². The molecule has 0 aliphatic heterocycles. The van der Waals surface area contributed by atoms with Crippen molar-refractivity contribution in [3.63, 3.8) is 0 Å². The van der Waals surface area contributed by atoms with Crippen molar-refractivity contribution < 1.29 is 23.0 Å². The minimum Gasteiger partial charge on any atom is -0.406 e. The summed E-state index contributed by atoms with van der Waals surface area (Å²) in [7, 11) is 0. The molecule has 0 aliphatic carbocycles. The van der Waals surface area contributed by atoms with Gasteiger partial charge in [0.05, 0.1) is 0 Å². The van der Waals surface area contributed by atoms with E-state index in [4.69, 9.17) is 0 Å². The number of aliphatic hydroxyl groups is 1. The van der Waals surface area contributed by atoms with E-state index in [1.54, 1.807) is 6.07 Å². The number of ether oxygens (including phenoxy) is 1. The van der Waals surface area contributed by atoms with Crippen LogP contribution in [0.3, 0.4) is 0 Å². The summed E-state index contributed by atoms with van der Waals surface area (Å²) in [5.74, 6) is -0.335. The summed E-state index contributed by atoms with van der Waals surface area (Å²) in [4.78, 5) is 0.712. The molecule has 2 rings (SSSR count). The number of hydrogen-bond donors (Lipinski definition) is 1. The fourth-order valence-corrected chi connectivity index (χ4v) is 2.64. The highest BCUT2D eigenvalue weighted by Crippen LogP contribution is 2.32. The molecule has 1 aromatic heterocycles. The Morgan fingerprint density at radius 1 is 1.26 bits per heavy atom. The zero-order chi connectivity index (χ0) is 14.0. The first-order valence-electron chi connectivity index (χ1n) is 5.44. The molecule has 102 valence electrons. The molecule has 1 heterocycles. The van der Waals surface area contributed by atoms with Gasteiger partial charge in [-0.05, 0) is 41.6 Å².